The van der Waals surface area contributed by atoms with Crippen LogP contribution in [0.4, 0.5) is 0 Å². The van der Waals surface area contributed by atoms with Crippen LogP contribution in [0.1, 0.15) is 67.7 Å². The summed E-state index contributed by atoms with van der Waals surface area (Å²) in [6.45, 7) is 4.83. The number of fused-ring (bicyclic) bond motifs is 1. The van der Waals surface area contributed by atoms with Crippen molar-refractivity contribution in [2.45, 2.75) is 68.9 Å². The first-order valence-corrected chi connectivity index (χ1v) is 13.3. The normalized spacial score (nSPS) is 21.4. The Morgan fingerprint density at radius 1 is 0.923 bits per heavy atom. The van der Waals surface area contributed by atoms with E-state index < -0.39 is 36.4 Å². The van der Waals surface area contributed by atoms with E-state index in [0.717, 1.165) is 0 Å². The molecule has 1 aliphatic heterocycles. The molecular formula is C30H36N2O7. The molecular weight excluding hydrogens is 500 g/mol. The molecule has 1 aliphatic carbocycles. The van der Waals surface area contributed by atoms with Gasteiger partial charge in [0.2, 0.25) is 0 Å². The zero-order valence-corrected chi connectivity index (χ0v) is 22.1. The van der Waals surface area contributed by atoms with Crippen molar-refractivity contribution in [1.82, 2.24) is 9.88 Å². The predicted molar refractivity (Wildman–Crippen MR) is 146 cm³/mol. The minimum absolute atomic E-state index is 0.274. The fraction of sp³-hybridized carbons (Fsp3) is 0.433. The van der Waals surface area contributed by atoms with Crippen LogP contribution in [0.2, 0.25) is 0 Å². The standard InChI is InChI=1S/C24H28N2.C6H8O7/c1-18-21-10-5-6-11-22(21)25-23(18)19-12-14-24(15-13-19,26-16-7-17-26)20-8-3-2-4-9-20;7-3(8)1-6(13,5(11)12)2-4(9)10/h2-6,8-11,19,25H,7,12-17H2,1H3;13H,1-2H2,(H,7,8)(H,9,10)(H,11,12). The van der Waals surface area contributed by atoms with Crippen LogP contribution in [-0.4, -0.2) is 66.9 Å². The number of aliphatic hydroxyl groups is 1. The highest BCUT2D eigenvalue weighted by molar-refractivity contribution is 5.88. The van der Waals surface area contributed by atoms with Crippen LogP contribution in [0, 0.1) is 6.92 Å². The van der Waals surface area contributed by atoms with Crippen LogP contribution in [0.25, 0.3) is 10.9 Å². The van der Waals surface area contributed by atoms with Gasteiger partial charge in [-0.2, -0.15) is 0 Å². The highest BCUT2D eigenvalue weighted by atomic mass is 16.4. The highest BCUT2D eigenvalue weighted by Crippen LogP contribution is 2.49. The molecule has 0 bridgehead atoms. The number of aromatic amines is 1. The van der Waals surface area contributed by atoms with Crippen LogP contribution in [-0.2, 0) is 19.9 Å². The van der Waals surface area contributed by atoms with Gasteiger partial charge in [-0.05, 0) is 62.1 Å². The molecule has 0 radical (unpaired) electrons. The van der Waals surface area contributed by atoms with Gasteiger partial charge in [0.25, 0.3) is 0 Å². The van der Waals surface area contributed by atoms with E-state index in [1.54, 1.807) is 0 Å². The predicted octanol–water partition coefficient (Wildman–Crippen LogP) is 4.49. The molecule has 0 spiro atoms. The Morgan fingerprint density at radius 3 is 1.97 bits per heavy atom. The van der Waals surface area contributed by atoms with Crippen LogP contribution in [0.15, 0.2) is 54.6 Å². The van der Waals surface area contributed by atoms with Gasteiger partial charge in [-0.25, -0.2) is 4.79 Å². The summed E-state index contributed by atoms with van der Waals surface area (Å²) in [4.78, 5) is 37.0. The lowest BCUT2D eigenvalue weighted by Crippen LogP contribution is -2.54. The van der Waals surface area contributed by atoms with Gasteiger partial charge in [-0.3, -0.25) is 14.5 Å². The van der Waals surface area contributed by atoms with Crippen molar-refractivity contribution in [1.29, 1.82) is 0 Å². The summed E-state index contributed by atoms with van der Waals surface area (Å²) in [5.41, 5.74) is 3.31. The maximum atomic E-state index is 10.3. The van der Waals surface area contributed by atoms with Crippen molar-refractivity contribution in [2.75, 3.05) is 13.1 Å². The smallest absolute Gasteiger partial charge is 0.336 e. The molecule has 3 aromatic rings. The summed E-state index contributed by atoms with van der Waals surface area (Å²) >= 11 is 0. The number of aliphatic carboxylic acids is 3. The number of nitrogens with zero attached hydrogens (tertiary/aromatic N) is 1. The lowest BCUT2D eigenvalue weighted by molar-refractivity contribution is -0.170. The Morgan fingerprint density at radius 2 is 1.49 bits per heavy atom. The largest absolute Gasteiger partial charge is 0.481 e. The van der Waals surface area contributed by atoms with E-state index in [9.17, 15) is 14.4 Å². The van der Waals surface area contributed by atoms with E-state index in [2.05, 4.69) is 71.4 Å². The number of benzene rings is 2. The van der Waals surface area contributed by atoms with Gasteiger partial charge in [-0.1, -0.05) is 48.5 Å². The molecule has 2 aromatic carbocycles. The number of aromatic nitrogens is 1. The number of para-hydroxylation sites is 1. The molecule has 2 aliphatic rings. The molecule has 1 saturated carbocycles. The number of carboxylic acids is 3. The molecule has 39 heavy (non-hydrogen) atoms. The summed E-state index contributed by atoms with van der Waals surface area (Å²) in [5.74, 6) is -4.35. The Labute approximate surface area is 227 Å². The number of H-pyrrole nitrogens is 1. The Hall–Kier alpha value is -3.69. The molecule has 0 atom stereocenters. The Bertz CT molecular complexity index is 1310. The monoisotopic (exact) mass is 536 g/mol. The number of carbonyl (C=O) groups is 3. The van der Waals surface area contributed by atoms with Crippen molar-refractivity contribution >= 4 is 28.8 Å². The lowest BCUT2D eigenvalue weighted by atomic mass is 9.69. The van der Waals surface area contributed by atoms with Crippen LogP contribution >= 0.6 is 0 Å². The van der Waals surface area contributed by atoms with Gasteiger partial charge in [-0.15, -0.1) is 0 Å². The topological polar surface area (TPSA) is 151 Å². The Balaban J connectivity index is 0.000000233. The second-order valence-electron chi connectivity index (χ2n) is 10.7. The first-order valence-electron chi connectivity index (χ1n) is 13.3. The van der Waals surface area contributed by atoms with E-state index in [-0.39, 0.29) is 5.54 Å². The molecule has 0 amide bonds. The molecule has 9 heteroatoms. The number of aryl methyl sites for hydroxylation is 1. The molecule has 208 valence electrons. The maximum Gasteiger partial charge on any atom is 0.336 e. The third-order valence-corrected chi connectivity index (χ3v) is 8.28. The van der Waals surface area contributed by atoms with Crippen molar-refractivity contribution in [3.05, 3.63) is 71.4 Å². The summed E-state index contributed by atoms with van der Waals surface area (Å²) < 4.78 is 0. The minimum atomic E-state index is -2.74. The van der Waals surface area contributed by atoms with Gasteiger partial charge in [0.1, 0.15) is 0 Å². The SMILES string of the molecule is Cc1c(C2CCC(c3ccccc3)(N3CCC3)CC2)[nH]c2ccccc12.O=C(O)CC(O)(CC(=O)O)C(=O)O. The molecule has 1 aromatic heterocycles. The van der Waals surface area contributed by atoms with E-state index >= 15 is 0 Å². The Kier molecular flexibility index (Phi) is 8.42. The number of hydrogen-bond acceptors (Lipinski definition) is 5. The fourth-order valence-corrected chi connectivity index (χ4v) is 6.09. The zero-order valence-electron chi connectivity index (χ0n) is 22.1. The van der Waals surface area contributed by atoms with Crippen LogP contribution in [0.3, 0.4) is 0 Å². The first kappa shape index (κ1) is 28.3. The van der Waals surface area contributed by atoms with Crippen molar-refractivity contribution in [3.63, 3.8) is 0 Å². The van der Waals surface area contributed by atoms with Crippen LogP contribution < -0.4 is 0 Å². The quantitative estimate of drug-likeness (QED) is 0.283. The third-order valence-electron chi connectivity index (χ3n) is 8.28. The van der Waals surface area contributed by atoms with E-state index in [4.69, 9.17) is 20.4 Å². The van der Waals surface area contributed by atoms with Gasteiger partial charge in [0.05, 0.1) is 12.8 Å². The number of rotatable bonds is 8. The van der Waals surface area contributed by atoms with Crippen molar-refractivity contribution < 1.29 is 34.8 Å². The van der Waals surface area contributed by atoms with E-state index in [0.29, 0.717) is 5.92 Å². The summed E-state index contributed by atoms with van der Waals surface area (Å²) in [5, 5.41) is 35.2. The average Bonchev–Trinajstić information content (AvgIpc) is 3.20. The molecule has 5 N–H and O–H groups in total. The number of likely N-dealkylation sites (tertiary alicyclic amines) is 1. The number of hydrogen-bond donors (Lipinski definition) is 5. The second-order valence-corrected chi connectivity index (χ2v) is 10.7. The number of carboxylic acid groups (broad SMARTS) is 3. The molecule has 2 fully saturated rings. The average molecular weight is 537 g/mol. The van der Waals surface area contributed by atoms with E-state index in [1.807, 2.05) is 0 Å². The summed E-state index contributed by atoms with van der Waals surface area (Å²) in [7, 11) is 0. The minimum Gasteiger partial charge on any atom is -0.481 e. The first-order chi connectivity index (χ1) is 18.6. The molecule has 1 saturated heterocycles. The zero-order chi connectivity index (χ0) is 28.2. The lowest BCUT2D eigenvalue weighted by Gasteiger charge is -2.52. The van der Waals surface area contributed by atoms with Crippen molar-refractivity contribution in [3.8, 4) is 0 Å². The maximum absolute atomic E-state index is 10.3. The third kappa shape index (κ3) is 5.99. The van der Waals surface area contributed by atoms with Gasteiger partial charge < -0.3 is 25.4 Å². The van der Waals surface area contributed by atoms with Gasteiger partial charge in [0.15, 0.2) is 5.60 Å². The number of nitrogens with one attached hydrogen (secondary N) is 1. The van der Waals surface area contributed by atoms with E-state index in [1.165, 1.54) is 72.9 Å². The summed E-state index contributed by atoms with van der Waals surface area (Å²) in [6.07, 6.45) is 4.17. The second kappa shape index (κ2) is 11.6. The molecule has 2 heterocycles. The molecule has 0 unspecified atom stereocenters. The van der Waals surface area contributed by atoms with Gasteiger partial charge in [0, 0.05) is 35.2 Å². The van der Waals surface area contributed by atoms with Gasteiger partial charge >= 0.3 is 17.9 Å². The van der Waals surface area contributed by atoms with Crippen molar-refractivity contribution in [2.24, 2.45) is 0 Å². The summed E-state index contributed by atoms with van der Waals surface area (Å²) in [6, 6.07) is 20.0. The highest BCUT2D eigenvalue weighted by Gasteiger charge is 2.44. The molecule has 9 nitrogen and oxygen atoms in total. The van der Waals surface area contributed by atoms with Crippen LogP contribution in [0.5, 0.6) is 0 Å². The molecule has 5 rings (SSSR count). The fourth-order valence-electron chi connectivity index (χ4n) is 6.09.